The predicted molar refractivity (Wildman–Crippen MR) is 67.1 cm³/mol. The van der Waals surface area contributed by atoms with E-state index in [2.05, 4.69) is 10.3 Å². The van der Waals surface area contributed by atoms with Gasteiger partial charge in [-0.15, -0.1) is 0 Å². The van der Waals surface area contributed by atoms with Crippen molar-refractivity contribution in [3.8, 4) is 11.3 Å². The Labute approximate surface area is 109 Å². The first-order chi connectivity index (χ1) is 9.08. The maximum Gasteiger partial charge on any atom is 0.217 e. The molecule has 0 unspecified atom stereocenters. The molecule has 0 spiro atoms. The van der Waals surface area contributed by atoms with E-state index in [0.29, 0.717) is 12.2 Å². The fourth-order valence-corrected chi connectivity index (χ4v) is 1.62. The van der Waals surface area contributed by atoms with Gasteiger partial charge >= 0.3 is 0 Å². The maximum absolute atomic E-state index is 13.6. The lowest BCUT2D eigenvalue weighted by molar-refractivity contribution is -0.119. The third kappa shape index (κ3) is 3.13. The van der Waals surface area contributed by atoms with Crippen LogP contribution in [0.3, 0.4) is 0 Å². The molecule has 1 aromatic carbocycles. The third-order valence-electron chi connectivity index (χ3n) is 2.59. The predicted octanol–water partition coefficient (Wildman–Crippen LogP) is 2.66. The molecule has 1 amide bonds. The van der Waals surface area contributed by atoms with Crippen molar-refractivity contribution in [2.24, 2.45) is 0 Å². The Bertz CT molecular complexity index is 597. The summed E-state index contributed by atoms with van der Waals surface area (Å²) in [6, 6.07) is 7.26. The quantitative estimate of drug-likeness (QED) is 0.924. The largest absolute Gasteiger partial charge is 0.352 e. The number of nitrogens with zero attached hydrogens (tertiary/aromatic N) is 1. The van der Waals surface area contributed by atoms with Crippen molar-refractivity contribution >= 4 is 5.91 Å². The van der Waals surface area contributed by atoms with Gasteiger partial charge in [-0.1, -0.05) is 12.1 Å². The van der Waals surface area contributed by atoms with E-state index < -0.39 is 11.6 Å². The molecular formula is C14H12F2N2O. The number of nitrogens with one attached hydrogen (secondary N) is 1. The molecule has 0 bridgehead atoms. The van der Waals surface area contributed by atoms with Gasteiger partial charge in [0, 0.05) is 25.2 Å². The molecule has 5 heteroatoms. The highest BCUT2D eigenvalue weighted by Gasteiger charge is 2.10. The van der Waals surface area contributed by atoms with E-state index in [1.807, 2.05) is 0 Å². The van der Waals surface area contributed by atoms with Crippen LogP contribution in [0.5, 0.6) is 0 Å². The number of aromatic nitrogens is 1. The van der Waals surface area contributed by atoms with Crippen LogP contribution in [-0.4, -0.2) is 10.9 Å². The molecule has 2 aromatic rings. The first kappa shape index (κ1) is 13.1. The molecule has 0 aliphatic carbocycles. The Hall–Kier alpha value is -2.30. The second-order valence-corrected chi connectivity index (χ2v) is 4.06. The van der Waals surface area contributed by atoms with E-state index >= 15 is 0 Å². The molecule has 98 valence electrons. The van der Waals surface area contributed by atoms with Crippen LogP contribution < -0.4 is 5.32 Å². The van der Waals surface area contributed by atoms with Crippen molar-refractivity contribution in [1.82, 2.24) is 10.3 Å². The average molecular weight is 262 g/mol. The molecule has 19 heavy (non-hydrogen) atoms. The summed E-state index contributed by atoms with van der Waals surface area (Å²) in [6.07, 6.45) is 1.52. The van der Waals surface area contributed by atoms with Gasteiger partial charge in [-0.2, -0.15) is 0 Å². The van der Waals surface area contributed by atoms with Gasteiger partial charge in [0.1, 0.15) is 0 Å². The Kier molecular flexibility index (Phi) is 3.85. The number of hydrogen-bond acceptors (Lipinski definition) is 2. The second-order valence-electron chi connectivity index (χ2n) is 4.06. The lowest BCUT2D eigenvalue weighted by Gasteiger charge is -2.05. The van der Waals surface area contributed by atoms with Gasteiger partial charge in [-0.3, -0.25) is 9.78 Å². The first-order valence-electron chi connectivity index (χ1n) is 5.71. The number of carbonyl (C=O) groups excluding carboxylic acids is 1. The van der Waals surface area contributed by atoms with E-state index in [4.69, 9.17) is 0 Å². The SMILES string of the molecule is CC(=O)NCc1ccc(-c2cccc(F)c2F)nc1. The molecule has 1 N–H and O–H groups in total. The Morgan fingerprint density at radius 3 is 2.68 bits per heavy atom. The smallest absolute Gasteiger partial charge is 0.217 e. The number of rotatable bonds is 3. The van der Waals surface area contributed by atoms with Gasteiger partial charge in [0.2, 0.25) is 5.91 Å². The molecule has 2 rings (SSSR count). The second kappa shape index (κ2) is 5.56. The average Bonchev–Trinajstić information content (AvgIpc) is 2.40. The summed E-state index contributed by atoms with van der Waals surface area (Å²) >= 11 is 0. The van der Waals surface area contributed by atoms with Crippen LogP contribution in [0.1, 0.15) is 12.5 Å². The Balaban J connectivity index is 2.22. The van der Waals surface area contributed by atoms with Crippen LogP contribution in [0.15, 0.2) is 36.5 Å². The topological polar surface area (TPSA) is 42.0 Å². The molecule has 1 aromatic heterocycles. The van der Waals surface area contributed by atoms with Crippen LogP contribution in [0, 0.1) is 11.6 Å². The minimum Gasteiger partial charge on any atom is -0.352 e. The van der Waals surface area contributed by atoms with Gasteiger partial charge in [-0.05, 0) is 23.8 Å². The van der Waals surface area contributed by atoms with Gasteiger partial charge in [0.15, 0.2) is 11.6 Å². The van der Waals surface area contributed by atoms with Crippen molar-refractivity contribution in [1.29, 1.82) is 0 Å². The zero-order valence-electron chi connectivity index (χ0n) is 10.3. The Morgan fingerprint density at radius 2 is 2.05 bits per heavy atom. The molecule has 1 heterocycles. The number of hydrogen-bond donors (Lipinski definition) is 1. The third-order valence-corrected chi connectivity index (χ3v) is 2.59. The van der Waals surface area contributed by atoms with Gasteiger partial charge in [0.25, 0.3) is 0 Å². The molecule has 0 fully saturated rings. The van der Waals surface area contributed by atoms with Crippen molar-refractivity contribution < 1.29 is 13.6 Å². The van der Waals surface area contributed by atoms with E-state index in [1.165, 1.54) is 25.3 Å². The Morgan fingerprint density at radius 1 is 1.26 bits per heavy atom. The summed E-state index contributed by atoms with van der Waals surface area (Å²) in [4.78, 5) is 14.8. The minimum atomic E-state index is -0.912. The van der Waals surface area contributed by atoms with E-state index in [1.54, 1.807) is 12.1 Å². The fourth-order valence-electron chi connectivity index (χ4n) is 1.62. The van der Waals surface area contributed by atoms with Crippen molar-refractivity contribution in [3.63, 3.8) is 0 Å². The van der Waals surface area contributed by atoms with Crippen LogP contribution >= 0.6 is 0 Å². The zero-order chi connectivity index (χ0) is 13.8. The van der Waals surface area contributed by atoms with Crippen LogP contribution in [0.4, 0.5) is 8.78 Å². The van der Waals surface area contributed by atoms with Gasteiger partial charge < -0.3 is 5.32 Å². The van der Waals surface area contributed by atoms with E-state index in [9.17, 15) is 13.6 Å². The molecule has 0 aliphatic heterocycles. The first-order valence-corrected chi connectivity index (χ1v) is 5.71. The molecule has 0 atom stereocenters. The summed E-state index contributed by atoms with van der Waals surface area (Å²) in [5.41, 5.74) is 1.26. The number of benzene rings is 1. The standard InChI is InChI=1S/C14H12F2N2O/c1-9(19)17-7-10-5-6-13(18-8-10)11-3-2-4-12(15)14(11)16/h2-6,8H,7H2,1H3,(H,17,19). The van der Waals surface area contributed by atoms with Crippen molar-refractivity contribution in [2.75, 3.05) is 0 Å². The van der Waals surface area contributed by atoms with Crippen LogP contribution in [-0.2, 0) is 11.3 Å². The molecular weight excluding hydrogens is 250 g/mol. The van der Waals surface area contributed by atoms with E-state index in [0.717, 1.165) is 11.6 Å². The number of pyridine rings is 1. The lowest BCUT2D eigenvalue weighted by Crippen LogP contribution is -2.18. The summed E-state index contributed by atoms with van der Waals surface area (Å²) in [5, 5.41) is 2.63. The normalized spacial score (nSPS) is 10.3. The summed E-state index contributed by atoms with van der Waals surface area (Å²) in [7, 11) is 0. The molecule has 3 nitrogen and oxygen atoms in total. The van der Waals surface area contributed by atoms with Crippen LogP contribution in [0.25, 0.3) is 11.3 Å². The fraction of sp³-hybridized carbons (Fsp3) is 0.143. The summed E-state index contributed by atoms with van der Waals surface area (Å²) < 4.78 is 26.7. The number of carbonyl (C=O) groups is 1. The maximum atomic E-state index is 13.6. The highest BCUT2D eigenvalue weighted by molar-refractivity contribution is 5.72. The van der Waals surface area contributed by atoms with Crippen molar-refractivity contribution in [3.05, 3.63) is 53.7 Å². The van der Waals surface area contributed by atoms with Crippen molar-refractivity contribution in [2.45, 2.75) is 13.5 Å². The number of halogens is 2. The number of amides is 1. The van der Waals surface area contributed by atoms with Gasteiger partial charge in [-0.25, -0.2) is 8.78 Å². The molecule has 0 saturated heterocycles. The highest BCUT2D eigenvalue weighted by atomic mass is 19.2. The molecule has 0 aliphatic rings. The highest BCUT2D eigenvalue weighted by Crippen LogP contribution is 2.22. The monoisotopic (exact) mass is 262 g/mol. The zero-order valence-corrected chi connectivity index (χ0v) is 10.3. The molecule has 0 saturated carbocycles. The lowest BCUT2D eigenvalue weighted by atomic mass is 10.1. The van der Waals surface area contributed by atoms with Gasteiger partial charge in [0.05, 0.1) is 5.69 Å². The van der Waals surface area contributed by atoms with Crippen LogP contribution in [0.2, 0.25) is 0 Å². The van der Waals surface area contributed by atoms with E-state index in [-0.39, 0.29) is 11.5 Å². The summed E-state index contributed by atoms with van der Waals surface area (Å²) in [5.74, 6) is -1.95. The molecule has 0 radical (unpaired) electrons. The minimum absolute atomic E-state index is 0.117. The summed E-state index contributed by atoms with van der Waals surface area (Å²) in [6.45, 7) is 1.78.